The maximum atomic E-state index is 12.2. The molecule has 0 spiro atoms. The van der Waals surface area contributed by atoms with Crippen LogP contribution in [0.2, 0.25) is 0 Å². The third-order valence-corrected chi connectivity index (χ3v) is 4.85. The minimum atomic E-state index is -0.0173. The van der Waals surface area contributed by atoms with Crippen molar-refractivity contribution in [3.05, 3.63) is 29.8 Å². The van der Waals surface area contributed by atoms with Crippen molar-refractivity contribution in [3.63, 3.8) is 0 Å². The number of ether oxygens (including phenoxy) is 1. The predicted molar refractivity (Wildman–Crippen MR) is 97.7 cm³/mol. The van der Waals surface area contributed by atoms with Gasteiger partial charge in [0.15, 0.2) is 5.78 Å². The number of hydrogen-bond acceptors (Lipinski definition) is 8. The van der Waals surface area contributed by atoms with Crippen molar-refractivity contribution in [2.24, 2.45) is 5.10 Å². The van der Waals surface area contributed by atoms with E-state index in [1.807, 2.05) is 0 Å². The lowest BCUT2D eigenvalue weighted by Crippen LogP contribution is -2.14. The molecular weight excluding hydrogens is 340 g/mol. The second-order valence-electron chi connectivity index (χ2n) is 5.61. The van der Waals surface area contributed by atoms with Crippen molar-refractivity contribution in [1.29, 1.82) is 0 Å². The van der Waals surface area contributed by atoms with Crippen LogP contribution in [-0.4, -0.2) is 39.2 Å². The molecule has 0 radical (unpaired) electrons. The number of nitrogens with zero attached hydrogens (tertiary/aromatic N) is 4. The molecule has 3 rings (SSSR count). The van der Waals surface area contributed by atoms with Gasteiger partial charge in [-0.1, -0.05) is 11.8 Å². The lowest BCUT2D eigenvalue weighted by atomic mass is 10.1. The Labute approximate surface area is 149 Å². The molecule has 0 bridgehead atoms. The highest BCUT2D eigenvalue weighted by molar-refractivity contribution is 7.99. The first-order valence-corrected chi connectivity index (χ1v) is 8.98. The highest BCUT2D eigenvalue weighted by Crippen LogP contribution is 2.20. The number of Topliss-reactive ketones (excluding diaryl/α,β-unsaturated/α-hetero) is 1. The van der Waals surface area contributed by atoms with Crippen LogP contribution >= 0.6 is 11.8 Å². The first kappa shape index (κ1) is 17.3. The third-order valence-electron chi connectivity index (χ3n) is 3.90. The summed E-state index contributed by atoms with van der Waals surface area (Å²) in [6.07, 6.45) is 4.35. The SMILES string of the molecule is COc1ccc(C(=O)CSc2nnc(NN=C3CCCC3)n2N)cc1. The monoisotopic (exact) mass is 360 g/mol. The number of nitrogen functional groups attached to an aromatic ring is 1. The van der Waals surface area contributed by atoms with Gasteiger partial charge in [-0.3, -0.25) is 4.79 Å². The quantitative estimate of drug-likeness (QED) is 0.338. The van der Waals surface area contributed by atoms with Gasteiger partial charge in [-0.05, 0) is 49.9 Å². The maximum Gasteiger partial charge on any atom is 0.264 e. The number of thioether (sulfide) groups is 1. The average molecular weight is 360 g/mol. The summed E-state index contributed by atoms with van der Waals surface area (Å²) in [5, 5.41) is 12.7. The molecule has 3 N–H and O–H groups in total. The average Bonchev–Trinajstić information content (AvgIpc) is 3.28. The molecule has 1 saturated carbocycles. The van der Waals surface area contributed by atoms with E-state index in [0.717, 1.165) is 18.6 Å². The molecule has 1 aromatic carbocycles. The number of benzene rings is 1. The first-order valence-electron chi connectivity index (χ1n) is 7.99. The minimum Gasteiger partial charge on any atom is -0.497 e. The number of nitrogens with two attached hydrogens (primary N) is 1. The van der Waals surface area contributed by atoms with Gasteiger partial charge < -0.3 is 10.6 Å². The van der Waals surface area contributed by atoms with Gasteiger partial charge in [-0.2, -0.15) is 5.10 Å². The van der Waals surface area contributed by atoms with Crippen LogP contribution in [0.15, 0.2) is 34.5 Å². The fraction of sp³-hybridized carbons (Fsp3) is 0.375. The van der Waals surface area contributed by atoms with Crippen molar-refractivity contribution in [2.75, 3.05) is 24.1 Å². The lowest BCUT2D eigenvalue weighted by Gasteiger charge is -2.04. The number of hydrazone groups is 1. The number of ketones is 1. The molecular formula is C16H20N6O2S. The van der Waals surface area contributed by atoms with E-state index in [9.17, 15) is 4.79 Å². The van der Waals surface area contributed by atoms with Gasteiger partial charge in [0.1, 0.15) is 5.75 Å². The van der Waals surface area contributed by atoms with Crippen LogP contribution in [0.3, 0.4) is 0 Å². The van der Waals surface area contributed by atoms with Crippen molar-refractivity contribution < 1.29 is 9.53 Å². The molecule has 8 nitrogen and oxygen atoms in total. The van der Waals surface area contributed by atoms with E-state index < -0.39 is 0 Å². The van der Waals surface area contributed by atoms with Crippen LogP contribution in [0.25, 0.3) is 0 Å². The van der Waals surface area contributed by atoms with Gasteiger partial charge in [0.25, 0.3) is 5.95 Å². The summed E-state index contributed by atoms with van der Waals surface area (Å²) in [6.45, 7) is 0. The number of rotatable bonds is 7. The Bertz CT molecular complexity index is 763. The lowest BCUT2D eigenvalue weighted by molar-refractivity contribution is 0.102. The Morgan fingerprint density at radius 1 is 1.32 bits per heavy atom. The molecule has 1 aliphatic carbocycles. The summed E-state index contributed by atoms with van der Waals surface area (Å²) < 4.78 is 6.39. The molecule has 0 unspecified atom stereocenters. The topological polar surface area (TPSA) is 107 Å². The van der Waals surface area contributed by atoms with Gasteiger partial charge in [0.05, 0.1) is 12.9 Å². The van der Waals surface area contributed by atoms with Gasteiger partial charge in [-0.25, -0.2) is 10.1 Å². The summed E-state index contributed by atoms with van der Waals surface area (Å²) >= 11 is 1.23. The molecule has 1 heterocycles. The van der Waals surface area contributed by atoms with E-state index in [1.54, 1.807) is 31.4 Å². The van der Waals surface area contributed by atoms with Crippen molar-refractivity contribution >= 4 is 29.2 Å². The van der Waals surface area contributed by atoms with Gasteiger partial charge >= 0.3 is 0 Å². The molecule has 132 valence electrons. The van der Waals surface area contributed by atoms with E-state index in [4.69, 9.17) is 10.6 Å². The summed E-state index contributed by atoms with van der Waals surface area (Å²) in [7, 11) is 1.59. The van der Waals surface area contributed by atoms with Gasteiger partial charge in [-0.15, -0.1) is 10.2 Å². The van der Waals surface area contributed by atoms with Crippen LogP contribution in [0.5, 0.6) is 5.75 Å². The number of hydrogen-bond donors (Lipinski definition) is 2. The number of anilines is 1. The highest BCUT2D eigenvalue weighted by atomic mass is 32.2. The van der Waals surface area contributed by atoms with E-state index >= 15 is 0 Å². The molecule has 9 heteroatoms. The number of carbonyl (C=O) groups excluding carboxylic acids is 1. The Morgan fingerprint density at radius 3 is 2.72 bits per heavy atom. The second-order valence-corrected chi connectivity index (χ2v) is 6.56. The Kier molecular flexibility index (Phi) is 5.54. The summed E-state index contributed by atoms with van der Waals surface area (Å²) in [4.78, 5) is 12.2. The standard InChI is InChI=1S/C16H20N6O2S/c1-24-13-8-6-11(7-9-13)14(23)10-25-16-21-20-15(22(16)17)19-18-12-4-2-3-5-12/h6-9H,2-5,10,17H2,1H3,(H,19,20). The second kappa shape index (κ2) is 8.02. The molecule has 25 heavy (non-hydrogen) atoms. The van der Waals surface area contributed by atoms with Crippen molar-refractivity contribution in [3.8, 4) is 5.75 Å². The summed E-state index contributed by atoms with van der Waals surface area (Å²) in [6, 6.07) is 6.99. The maximum absolute atomic E-state index is 12.2. The molecule has 1 aromatic heterocycles. The van der Waals surface area contributed by atoms with Crippen LogP contribution in [0.4, 0.5) is 5.95 Å². The van der Waals surface area contributed by atoms with Gasteiger partial charge in [0.2, 0.25) is 5.16 Å². The Morgan fingerprint density at radius 2 is 2.04 bits per heavy atom. The number of nitrogens with one attached hydrogen (secondary N) is 1. The third kappa shape index (κ3) is 4.30. The first-order chi connectivity index (χ1) is 12.2. The molecule has 0 atom stereocenters. The van der Waals surface area contributed by atoms with E-state index in [2.05, 4.69) is 20.7 Å². The van der Waals surface area contributed by atoms with Crippen LogP contribution in [0, 0.1) is 0 Å². The minimum absolute atomic E-state index is 0.0173. The number of methoxy groups -OCH3 is 1. The van der Waals surface area contributed by atoms with E-state index in [-0.39, 0.29) is 11.5 Å². The van der Waals surface area contributed by atoms with E-state index in [0.29, 0.717) is 22.4 Å². The number of carbonyl (C=O) groups is 1. The van der Waals surface area contributed by atoms with Crippen LogP contribution in [0.1, 0.15) is 36.0 Å². The molecule has 0 aliphatic heterocycles. The van der Waals surface area contributed by atoms with Crippen molar-refractivity contribution in [2.45, 2.75) is 30.8 Å². The molecule has 1 fully saturated rings. The Hall–Kier alpha value is -2.55. The summed E-state index contributed by atoms with van der Waals surface area (Å²) in [5.41, 5.74) is 4.58. The summed E-state index contributed by atoms with van der Waals surface area (Å²) in [5.74, 6) is 7.24. The molecule has 0 amide bonds. The molecule has 2 aromatic rings. The smallest absolute Gasteiger partial charge is 0.264 e. The zero-order valence-corrected chi connectivity index (χ0v) is 14.8. The van der Waals surface area contributed by atoms with Crippen LogP contribution < -0.4 is 16.0 Å². The molecule has 0 saturated heterocycles. The normalized spacial score (nSPS) is 13.7. The zero-order chi connectivity index (χ0) is 17.6. The fourth-order valence-electron chi connectivity index (χ4n) is 2.47. The van der Waals surface area contributed by atoms with Crippen molar-refractivity contribution in [1.82, 2.24) is 14.9 Å². The predicted octanol–water partition coefficient (Wildman–Crippen LogP) is 2.32. The molecule has 1 aliphatic rings. The zero-order valence-electron chi connectivity index (χ0n) is 13.9. The van der Waals surface area contributed by atoms with Crippen LogP contribution in [-0.2, 0) is 0 Å². The largest absolute Gasteiger partial charge is 0.497 e. The number of aromatic nitrogens is 3. The van der Waals surface area contributed by atoms with E-state index in [1.165, 1.54) is 29.3 Å². The fourth-order valence-corrected chi connectivity index (χ4v) is 3.22. The van der Waals surface area contributed by atoms with Gasteiger partial charge in [0, 0.05) is 11.3 Å². The highest BCUT2D eigenvalue weighted by Gasteiger charge is 2.14. The Balaban J connectivity index is 1.57.